The molecule has 0 aliphatic carbocycles. The summed E-state index contributed by atoms with van der Waals surface area (Å²) in [6.07, 6.45) is 4.36. The van der Waals surface area contributed by atoms with Crippen LogP contribution in [0.1, 0.15) is 31.7 Å². The molecule has 3 heteroatoms. The van der Waals surface area contributed by atoms with Crippen molar-refractivity contribution >= 4 is 5.91 Å². The van der Waals surface area contributed by atoms with E-state index in [2.05, 4.69) is 47.5 Å². The van der Waals surface area contributed by atoms with E-state index >= 15 is 0 Å². The SMILES string of the molecule is C[C@@H]1[C@H](Cc2ccccc2)CCN1C(=O)[C@H]1CCCN1. The average molecular weight is 272 g/mol. The maximum Gasteiger partial charge on any atom is 0.239 e. The maximum atomic E-state index is 12.5. The molecule has 1 N–H and O–H groups in total. The molecule has 2 aliphatic rings. The fourth-order valence-electron chi connectivity index (χ4n) is 3.60. The lowest BCUT2D eigenvalue weighted by Gasteiger charge is -2.27. The van der Waals surface area contributed by atoms with Crippen LogP contribution < -0.4 is 5.32 Å². The molecular formula is C17H24N2O. The van der Waals surface area contributed by atoms with Gasteiger partial charge in [-0.15, -0.1) is 0 Å². The minimum absolute atomic E-state index is 0.0768. The molecule has 0 bridgehead atoms. The Labute approximate surface area is 121 Å². The van der Waals surface area contributed by atoms with Gasteiger partial charge < -0.3 is 10.2 Å². The van der Waals surface area contributed by atoms with Crippen LogP contribution in [0.2, 0.25) is 0 Å². The van der Waals surface area contributed by atoms with Crippen molar-refractivity contribution in [3.05, 3.63) is 35.9 Å². The summed E-state index contributed by atoms with van der Waals surface area (Å²) in [5.41, 5.74) is 1.39. The van der Waals surface area contributed by atoms with Crippen molar-refractivity contribution in [2.24, 2.45) is 5.92 Å². The molecule has 1 amide bonds. The summed E-state index contributed by atoms with van der Waals surface area (Å²) in [5.74, 6) is 0.924. The highest BCUT2D eigenvalue weighted by atomic mass is 16.2. The number of nitrogens with zero attached hydrogens (tertiary/aromatic N) is 1. The molecule has 0 spiro atoms. The van der Waals surface area contributed by atoms with Crippen LogP contribution >= 0.6 is 0 Å². The molecule has 2 saturated heterocycles. The van der Waals surface area contributed by atoms with E-state index in [1.165, 1.54) is 5.56 Å². The summed E-state index contributed by atoms with van der Waals surface area (Å²) in [4.78, 5) is 14.6. The van der Waals surface area contributed by atoms with Gasteiger partial charge in [-0.2, -0.15) is 0 Å². The van der Waals surface area contributed by atoms with Crippen molar-refractivity contribution in [2.45, 2.75) is 44.7 Å². The molecule has 1 aromatic carbocycles. The lowest BCUT2D eigenvalue weighted by atomic mass is 9.93. The number of carbonyl (C=O) groups is 1. The standard InChI is InChI=1S/C17H24N2O/c1-13-15(12-14-6-3-2-4-7-14)9-11-19(13)17(20)16-8-5-10-18-16/h2-4,6-7,13,15-16,18H,5,8-12H2,1H3/t13-,15+,16-/m1/s1. The number of hydrogen-bond acceptors (Lipinski definition) is 2. The van der Waals surface area contributed by atoms with Crippen LogP contribution in [-0.4, -0.2) is 36.0 Å². The Bertz CT molecular complexity index is 453. The molecule has 0 saturated carbocycles. The summed E-state index contributed by atoms with van der Waals surface area (Å²) in [7, 11) is 0. The van der Waals surface area contributed by atoms with Crippen molar-refractivity contribution in [2.75, 3.05) is 13.1 Å². The van der Waals surface area contributed by atoms with Crippen LogP contribution in [-0.2, 0) is 11.2 Å². The van der Waals surface area contributed by atoms with E-state index in [4.69, 9.17) is 0 Å². The van der Waals surface area contributed by atoms with E-state index in [1.54, 1.807) is 0 Å². The van der Waals surface area contributed by atoms with Crippen LogP contribution in [0.4, 0.5) is 0 Å². The normalized spacial score (nSPS) is 29.9. The zero-order valence-corrected chi connectivity index (χ0v) is 12.2. The van der Waals surface area contributed by atoms with Crippen LogP contribution in [0.3, 0.4) is 0 Å². The maximum absolute atomic E-state index is 12.5. The van der Waals surface area contributed by atoms with Crippen LogP contribution in [0.25, 0.3) is 0 Å². The van der Waals surface area contributed by atoms with Gasteiger partial charge in [0.05, 0.1) is 6.04 Å². The number of amides is 1. The molecule has 3 atom stereocenters. The Balaban J connectivity index is 1.61. The van der Waals surface area contributed by atoms with E-state index in [0.29, 0.717) is 17.9 Å². The number of benzene rings is 1. The Morgan fingerprint density at radius 1 is 1.30 bits per heavy atom. The molecule has 108 valence electrons. The zero-order chi connectivity index (χ0) is 13.9. The van der Waals surface area contributed by atoms with Crippen LogP contribution in [0.5, 0.6) is 0 Å². The fraction of sp³-hybridized carbons (Fsp3) is 0.588. The smallest absolute Gasteiger partial charge is 0.239 e. The van der Waals surface area contributed by atoms with E-state index in [9.17, 15) is 4.79 Å². The molecule has 2 aliphatic heterocycles. The minimum Gasteiger partial charge on any atom is -0.338 e. The van der Waals surface area contributed by atoms with E-state index in [1.807, 2.05) is 0 Å². The summed E-state index contributed by atoms with van der Waals surface area (Å²) >= 11 is 0. The fourth-order valence-corrected chi connectivity index (χ4v) is 3.60. The van der Waals surface area contributed by atoms with Crippen LogP contribution in [0.15, 0.2) is 30.3 Å². The largest absolute Gasteiger partial charge is 0.338 e. The summed E-state index contributed by atoms with van der Waals surface area (Å²) in [5, 5.41) is 3.33. The van der Waals surface area contributed by atoms with Gasteiger partial charge in [0, 0.05) is 12.6 Å². The molecule has 20 heavy (non-hydrogen) atoms. The highest BCUT2D eigenvalue weighted by molar-refractivity contribution is 5.82. The Morgan fingerprint density at radius 2 is 2.10 bits per heavy atom. The summed E-state index contributed by atoms with van der Waals surface area (Å²) in [6.45, 7) is 4.13. The molecule has 2 heterocycles. The first-order valence-electron chi connectivity index (χ1n) is 7.83. The Kier molecular flexibility index (Phi) is 4.06. The number of carbonyl (C=O) groups excluding carboxylic acids is 1. The van der Waals surface area contributed by atoms with Crippen molar-refractivity contribution in [3.63, 3.8) is 0 Å². The first-order valence-corrected chi connectivity index (χ1v) is 7.83. The third-order valence-electron chi connectivity index (χ3n) is 4.90. The Morgan fingerprint density at radius 3 is 2.80 bits per heavy atom. The van der Waals surface area contributed by atoms with Crippen molar-refractivity contribution in [1.29, 1.82) is 0 Å². The van der Waals surface area contributed by atoms with Gasteiger partial charge in [-0.1, -0.05) is 30.3 Å². The number of rotatable bonds is 3. The Hall–Kier alpha value is -1.35. The van der Waals surface area contributed by atoms with Crippen LogP contribution in [0, 0.1) is 5.92 Å². The first kappa shape index (κ1) is 13.6. The van der Waals surface area contributed by atoms with Gasteiger partial charge in [0.15, 0.2) is 0 Å². The molecule has 2 fully saturated rings. The highest BCUT2D eigenvalue weighted by Crippen LogP contribution is 2.28. The van der Waals surface area contributed by atoms with Gasteiger partial charge in [-0.05, 0) is 50.6 Å². The van der Waals surface area contributed by atoms with Gasteiger partial charge in [0.2, 0.25) is 5.91 Å². The molecule has 3 nitrogen and oxygen atoms in total. The third-order valence-corrected chi connectivity index (χ3v) is 4.90. The average Bonchev–Trinajstić information content (AvgIpc) is 3.11. The number of hydrogen-bond donors (Lipinski definition) is 1. The number of likely N-dealkylation sites (tertiary alicyclic amines) is 1. The second-order valence-corrected chi connectivity index (χ2v) is 6.16. The summed E-state index contributed by atoms with van der Waals surface area (Å²) in [6, 6.07) is 11.1. The second-order valence-electron chi connectivity index (χ2n) is 6.16. The van der Waals surface area contributed by atoms with Gasteiger partial charge in [0.1, 0.15) is 0 Å². The molecule has 1 aromatic rings. The highest BCUT2D eigenvalue weighted by Gasteiger charge is 2.37. The van der Waals surface area contributed by atoms with Gasteiger partial charge in [-0.25, -0.2) is 0 Å². The number of nitrogens with one attached hydrogen (secondary N) is 1. The van der Waals surface area contributed by atoms with Crippen molar-refractivity contribution in [3.8, 4) is 0 Å². The van der Waals surface area contributed by atoms with Crippen molar-refractivity contribution in [1.82, 2.24) is 10.2 Å². The predicted molar refractivity (Wildman–Crippen MR) is 80.5 cm³/mol. The lowest BCUT2D eigenvalue weighted by Crippen LogP contribution is -2.46. The molecule has 3 rings (SSSR count). The van der Waals surface area contributed by atoms with E-state index in [-0.39, 0.29) is 6.04 Å². The van der Waals surface area contributed by atoms with Gasteiger partial charge in [-0.3, -0.25) is 4.79 Å². The van der Waals surface area contributed by atoms with E-state index in [0.717, 1.165) is 38.8 Å². The van der Waals surface area contributed by atoms with Gasteiger partial charge >= 0.3 is 0 Å². The lowest BCUT2D eigenvalue weighted by molar-refractivity contribution is -0.133. The predicted octanol–water partition coefficient (Wildman–Crippen LogP) is 2.22. The van der Waals surface area contributed by atoms with Gasteiger partial charge in [0.25, 0.3) is 0 Å². The molecule has 0 unspecified atom stereocenters. The minimum atomic E-state index is 0.0768. The topological polar surface area (TPSA) is 32.3 Å². The second kappa shape index (κ2) is 5.96. The monoisotopic (exact) mass is 272 g/mol. The summed E-state index contributed by atoms with van der Waals surface area (Å²) < 4.78 is 0. The molecule has 0 aromatic heterocycles. The third kappa shape index (κ3) is 2.73. The van der Waals surface area contributed by atoms with Crippen molar-refractivity contribution < 1.29 is 4.79 Å². The van der Waals surface area contributed by atoms with E-state index < -0.39 is 0 Å². The first-order chi connectivity index (χ1) is 9.75. The zero-order valence-electron chi connectivity index (χ0n) is 12.2. The quantitative estimate of drug-likeness (QED) is 0.915. The molecular weight excluding hydrogens is 248 g/mol. The molecule has 0 radical (unpaired) electrons.